The zero-order valence-corrected chi connectivity index (χ0v) is 20.5. The summed E-state index contributed by atoms with van der Waals surface area (Å²) in [6.45, 7) is 0. The number of aryl methyl sites for hydroxylation is 1. The predicted octanol–water partition coefficient (Wildman–Crippen LogP) is 3.28. The van der Waals surface area contributed by atoms with Crippen LogP contribution in [0.15, 0.2) is 36.5 Å². The van der Waals surface area contributed by atoms with Crippen LogP contribution in [-0.2, 0) is 7.05 Å². The number of aromatic amines is 1. The second kappa shape index (κ2) is 9.21. The van der Waals surface area contributed by atoms with Crippen molar-refractivity contribution in [2.45, 2.75) is 56.5 Å². The molecule has 3 heterocycles. The van der Waals surface area contributed by atoms with Gasteiger partial charge in [0.05, 0.1) is 5.52 Å². The summed E-state index contributed by atoms with van der Waals surface area (Å²) in [6.07, 6.45) is 7.96. The molecule has 0 saturated heterocycles. The smallest absolute Gasteiger partial charge is 0.251 e. The first-order valence-corrected chi connectivity index (χ1v) is 12.5. The number of fused-ring (bicyclic) bond motifs is 1. The first-order chi connectivity index (χ1) is 17.5. The molecule has 3 aromatic heterocycles. The Bertz CT molecular complexity index is 1380. The Morgan fingerprint density at radius 1 is 1.08 bits per heavy atom. The zero-order chi connectivity index (χ0) is 24.6. The maximum absolute atomic E-state index is 12.9. The van der Waals surface area contributed by atoms with Gasteiger partial charge < -0.3 is 15.5 Å². The largest absolute Gasteiger partial charge is 0.349 e. The molecular formula is C25H30N10O. The van der Waals surface area contributed by atoms with Crippen LogP contribution in [0, 0.1) is 0 Å². The third kappa shape index (κ3) is 4.60. The lowest BCUT2D eigenvalue weighted by Gasteiger charge is -2.35. The van der Waals surface area contributed by atoms with E-state index in [-0.39, 0.29) is 11.9 Å². The minimum Gasteiger partial charge on any atom is -0.349 e. The Labute approximate surface area is 208 Å². The molecule has 2 aliphatic carbocycles. The van der Waals surface area contributed by atoms with Crippen molar-refractivity contribution >= 4 is 34.5 Å². The number of amides is 1. The highest BCUT2D eigenvalue weighted by molar-refractivity contribution is 5.97. The first-order valence-electron chi connectivity index (χ1n) is 12.5. The van der Waals surface area contributed by atoms with Crippen molar-refractivity contribution in [2.24, 2.45) is 7.05 Å². The Kier molecular flexibility index (Phi) is 5.74. The second-order valence-electron chi connectivity index (χ2n) is 9.86. The molecule has 3 N–H and O–H groups in total. The number of carbonyl (C=O) groups excluding carboxylic acids is 1. The molecule has 2 aliphatic rings. The summed E-state index contributed by atoms with van der Waals surface area (Å²) in [6, 6.07) is 9.87. The van der Waals surface area contributed by atoms with Gasteiger partial charge in [-0.3, -0.25) is 9.89 Å². The standard InChI is InChI=1S/C25H30N10O/c1-34(25-26-12-11-22(29-25)28-23-14-20(30-32-23)15-3-4-15)18-8-6-17(7-9-18)27-24(36)16-5-10-19-21(13-16)35(2)33-31-19/h5,10-15,17-18H,3-4,6-9H2,1-2H3,(H,27,36)(H2,26,28,29,30,32)/t17-,18-. The molecule has 36 heavy (non-hydrogen) atoms. The summed E-state index contributed by atoms with van der Waals surface area (Å²) in [7, 11) is 3.87. The topological polar surface area (TPSA) is 130 Å². The molecule has 11 heteroatoms. The number of hydrogen-bond acceptors (Lipinski definition) is 8. The number of nitrogens with zero attached hydrogens (tertiary/aromatic N) is 7. The van der Waals surface area contributed by atoms with Gasteiger partial charge in [-0.15, -0.1) is 5.10 Å². The van der Waals surface area contributed by atoms with E-state index in [0.29, 0.717) is 23.5 Å². The van der Waals surface area contributed by atoms with Gasteiger partial charge >= 0.3 is 0 Å². The summed E-state index contributed by atoms with van der Waals surface area (Å²) >= 11 is 0. The lowest BCUT2D eigenvalue weighted by atomic mass is 9.90. The van der Waals surface area contributed by atoms with Gasteiger partial charge in [-0.25, -0.2) is 9.67 Å². The SMILES string of the molecule is Cn1nnc2ccc(C(=O)N[C@H]3CC[C@H](N(C)c4nccc(Nc5cc(C6CC6)[nH]n5)n4)CC3)cc21. The Balaban J connectivity index is 1.04. The summed E-state index contributed by atoms with van der Waals surface area (Å²) in [5.41, 5.74) is 3.44. The maximum atomic E-state index is 12.9. The fourth-order valence-corrected chi connectivity index (χ4v) is 4.93. The molecule has 0 bridgehead atoms. The van der Waals surface area contributed by atoms with Gasteiger partial charge in [0.1, 0.15) is 11.3 Å². The molecule has 0 spiro atoms. The molecule has 1 amide bonds. The number of nitrogens with one attached hydrogen (secondary N) is 3. The predicted molar refractivity (Wildman–Crippen MR) is 136 cm³/mol. The lowest BCUT2D eigenvalue weighted by molar-refractivity contribution is 0.0926. The third-order valence-electron chi connectivity index (χ3n) is 7.28. The lowest BCUT2D eigenvalue weighted by Crippen LogP contribution is -2.43. The van der Waals surface area contributed by atoms with E-state index in [1.54, 1.807) is 16.9 Å². The van der Waals surface area contributed by atoms with Crippen molar-refractivity contribution in [3.8, 4) is 0 Å². The fraction of sp³-hybridized carbons (Fsp3) is 0.440. The van der Waals surface area contributed by atoms with E-state index in [0.717, 1.165) is 48.4 Å². The Morgan fingerprint density at radius 2 is 1.92 bits per heavy atom. The number of H-pyrrole nitrogens is 1. The maximum Gasteiger partial charge on any atom is 0.251 e. The second-order valence-corrected chi connectivity index (χ2v) is 9.86. The molecule has 1 aromatic carbocycles. The highest BCUT2D eigenvalue weighted by atomic mass is 16.1. The number of rotatable bonds is 7. The summed E-state index contributed by atoms with van der Waals surface area (Å²) < 4.78 is 1.68. The van der Waals surface area contributed by atoms with Crippen LogP contribution in [-0.4, -0.2) is 60.2 Å². The quantitative estimate of drug-likeness (QED) is 0.363. The van der Waals surface area contributed by atoms with Crippen molar-refractivity contribution in [2.75, 3.05) is 17.3 Å². The molecule has 0 aliphatic heterocycles. The van der Waals surface area contributed by atoms with E-state index in [9.17, 15) is 4.79 Å². The molecule has 11 nitrogen and oxygen atoms in total. The number of carbonyl (C=O) groups is 1. The summed E-state index contributed by atoms with van der Waals surface area (Å²) in [4.78, 5) is 24.2. The summed E-state index contributed by atoms with van der Waals surface area (Å²) in [5.74, 6) is 2.76. The first kappa shape index (κ1) is 22.4. The van der Waals surface area contributed by atoms with Crippen LogP contribution in [0.4, 0.5) is 17.6 Å². The van der Waals surface area contributed by atoms with Crippen LogP contribution in [0.3, 0.4) is 0 Å². The van der Waals surface area contributed by atoms with Gasteiger partial charge in [-0.1, -0.05) is 5.21 Å². The van der Waals surface area contributed by atoms with E-state index < -0.39 is 0 Å². The monoisotopic (exact) mass is 486 g/mol. The Hall–Kier alpha value is -4.02. The van der Waals surface area contributed by atoms with E-state index >= 15 is 0 Å². The molecule has 0 radical (unpaired) electrons. The van der Waals surface area contributed by atoms with Gasteiger partial charge in [0.2, 0.25) is 5.95 Å². The fourth-order valence-electron chi connectivity index (χ4n) is 4.93. The van der Waals surface area contributed by atoms with Crippen LogP contribution >= 0.6 is 0 Å². The molecule has 4 aromatic rings. The van der Waals surface area contributed by atoms with Gasteiger partial charge in [-0.2, -0.15) is 10.1 Å². The zero-order valence-electron chi connectivity index (χ0n) is 20.5. The van der Waals surface area contributed by atoms with Gasteiger partial charge in [-0.05, 0) is 62.8 Å². The molecule has 186 valence electrons. The van der Waals surface area contributed by atoms with Crippen molar-refractivity contribution in [1.29, 1.82) is 0 Å². The van der Waals surface area contributed by atoms with Crippen LogP contribution in [0.2, 0.25) is 0 Å². The van der Waals surface area contributed by atoms with Gasteiger partial charge in [0, 0.05) is 55.6 Å². The van der Waals surface area contributed by atoms with Gasteiger partial charge in [0.25, 0.3) is 5.91 Å². The number of anilines is 3. The number of aromatic nitrogens is 7. The van der Waals surface area contributed by atoms with Crippen LogP contribution in [0.25, 0.3) is 11.0 Å². The minimum atomic E-state index is -0.0553. The molecule has 6 rings (SSSR count). The highest BCUT2D eigenvalue weighted by Gasteiger charge is 2.27. The highest BCUT2D eigenvalue weighted by Crippen LogP contribution is 2.39. The van der Waals surface area contributed by atoms with Crippen molar-refractivity contribution in [1.82, 2.24) is 40.5 Å². The Morgan fingerprint density at radius 3 is 2.72 bits per heavy atom. The van der Waals surface area contributed by atoms with E-state index in [1.165, 1.54) is 18.5 Å². The van der Waals surface area contributed by atoms with Crippen LogP contribution in [0.1, 0.15) is 60.5 Å². The normalized spacial score (nSPS) is 19.8. The number of hydrogen-bond donors (Lipinski definition) is 3. The molecular weight excluding hydrogens is 456 g/mol. The van der Waals surface area contributed by atoms with Crippen molar-refractivity contribution in [3.05, 3.63) is 47.8 Å². The summed E-state index contributed by atoms with van der Waals surface area (Å²) in [5, 5.41) is 22.0. The van der Waals surface area contributed by atoms with Crippen LogP contribution in [0.5, 0.6) is 0 Å². The third-order valence-corrected chi connectivity index (χ3v) is 7.28. The molecule has 2 fully saturated rings. The average molecular weight is 487 g/mol. The van der Waals surface area contributed by atoms with Crippen LogP contribution < -0.4 is 15.5 Å². The molecule has 2 saturated carbocycles. The van der Waals surface area contributed by atoms with E-state index in [2.05, 4.69) is 47.1 Å². The van der Waals surface area contributed by atoms with Crippen molar-refractivity contribution < 1.29 is 4.79 Å². The number of benzene rings is 1. The molecule has 0 unspecified atom stereocenters. The minimum absolute atomic E-state index is 0.0553. The average Bonchev–Trinajstić information content (AvgIpc) is 3.54. The van der Waals surface area contributed by atoms with E-state index in [4.69, 9.17) is 4.98 Å². The van der Waals surface area contributed by atoms with Crippen molar-refractivity contribution in [3.63, 3.8) is 0 Å². The van der Waals surface area contributed by atoms with Gasteiger partial charge in [0.15, 0.2) is 5.82 Å². The molecule has 0 atom stereocenters. The van der Waals surface area contributed by atoms with E-state index in [1.807, 2.05) is 32.3 Å².